The molecule has 0 fully saturated rings. The summed E-state index contributed by atoms with van der Waals surface area (Å²) >= 11 is 2.93. The minimum absolute atomic E-state index is 0.607. The second kappa shape index (κ2) is 6.55. The first-order valence-corrected chi connectivity index (χ1v) is 12.4. The highest BCUT2D eigenvalue weighted by Crippen LogP contribution is 2.45. The molecular formula is C20H16N3O2PS2. The lowest BCUT2D eigenvalue weighted by Gasteiger charge is -2.10. The highest BCUT2D eigenvalue weighted by atomic mass is 32.1. The zero-order valence-electron chi connectivity index (χ0n) is 15.2. The van der Waals surface area contributed by atoms with Crippen LogP contribution in [0.3, 0.4) is 0 Å². The molecule has 3 aromatic carbocycles. The fourth-order valence-corrected chi connectivity index (χ4v) is 7.25. The van der Waals surface area contributed by atoms with Crippen LogP contribution in [-0.4, -0.2) is 23.7 Å². The number of hydrogen-bond donors (Lipinski definition) is 1. The van der Waals surface area contributed by atoms with Crippen molar-refractivity contribution < 1.29 is 9.30 Å². The molecule has 5 nitrogen and oxygen atoms in total. The zero-order valence-corrected chi connectivity index (χ0v) is 17.7. The first-order chi connectivity index (χ1) is 13.5. The van der Waals surface area contributed by atoms with Gasteiger partial charge in [-0.3, -0.25) is 4.57 Å². The van der Waals surface area contributed by atoms with E-state index in [0.717, 1.165) is 37.0 Å². The number of anilines is 1. The van der Waals surface area contributed by atoms with Gasteiger partial charge in [-0.2, -0.15) is 0 Å². The SMILES string of the molecule is COc1ccc2nc(N[P@@](C)(=O)c3nc4c(ccc5ccccc54)s3)sc2c1. The van der Waals surface area contributed by atoms with Crippen molar-refractivity contribution in [2.75, 3.05) is 18.9 Å². The van der Waals surface area contributed by atoms with Gasteiger partial charge in [0, 0.05) is 12.1 Å². The van der Waals surface area contributed by atoms with Crippen molar-refractivity contribution in [1.29, 1.82) is 0 Å². The van der Waals surface area contributed by atoms with E-state index < -0.39 is 7.29 Å². The molecule has 5 aromatic rings. The summed E-state index contributed by atoms with van der Waals surface area (Å²) in [6.45, 7) is 1.71. The first kappa shape index (κ1) is 17.6. The van der Waals surface area contributed by atoms with Crippen molar-refractivity contribution in [3.8, 4) is 5.75 Å². The molecule has 2 aromatic heterocycles. The Kier molecular flexibility index (Phi) is 4.12. The third kappa shape index (κ3) is 2.96. The molecule has 8 heteroatoms. The summed E-state index contributed by atoms with van der Waals surface area (Å²) in [5.74, 6) is 0.778. The van der Waals surface area contributed by atoms with Crippen LogP contribution in [0.15, 0.2) is 54.6 Å². The summed E-state index contributed by atoms with van der Waals surface area (Å²) in [4.78, 5) is 9.30. The predicted octanol–water partition coefficient (Wildman–Crippen LogP) is 5.71. The summed E-state index contributed by atoms with van der Waals surface area (Å²) in [6.07, 6.45) is 0. The number of aromatic nitrogens is 2. The molecule has 0 unspecified atom stereocenters. The number of thiazole rings is 2. The third-order valence-corrected chi connectivity index (χ3v) is 9.24. The molecule has 5 rings (SSSR count). The molecule has 0 aliphatic carbocycles. The number of rotatable bonds is 4. The topological polar surface area (TPSA) is 64.1 Å². The molecule has 0 amide bonds. The highest BCUT2D eigenvalue weighted by molar-refractivity contribution is 7.77. The van der Waals surface area contributed by atoms with Crippen LogP contribution in [0.1, 0.15) is 0 Å². The Bertz CT molecular complexity index is 1390. The Morgan fingerprint density at radius 2 is 1.86 bits per heavy atom. The van der Waals surface area contributed by atoms with E-state index in [9.17, 15) is 4.57 Å². The molecule has 0 bridgehead atoms. The summed E-state index contributed by atoms with van der Waals surface area (Å²) in [5, 5.41) is 5.97. The van der Waals surface area contributed by atoms with Gasteiger partial charge in [-0.05, 0) is 29.7 Å². The molecule has 0 saturated carbocycles. The molecule has 0 spiro atoms. The van der Waals surface area contributed by atoms with Gasteiger partial charge < -0.3 is 9.82 Å². The lowest BCUT2D eigenvalue weighted by Crippen LogP contribution is -2.09. The van der Waals surface area contributed by atoms with Crippen LogP contribution < -0.4 is 14.6 Å². The lowest BCUT2D eigenvalue weighted by atomic mass is 10.1. The van der Waals surface area contributed by atoms with E-state index in [1.807, 2.05) is 36.4 Å². The minimum Gasteiger partial charge on any atom is -0.497 e. The van der Waals surface area contributed by atoms with Crippen LogP contribution in [0.5, 0.6) is 5.75 Å². The Labute approximate surface area is 169 Å². The average Bonchev–Trinajstić information content (AvgIpc) is 3.31. The molecule has 1 atom stereocenters. The van der Waals surface area contributed by atoms with E-state index >= 15 is 0 Å². The number of fused-ring (bicyclic) bond motifs is 4. The molecule has 1 N–H and O–H groups in total. The van der Waals surface area contributed by atoms with Gasteiger partial charge in [0.05, 0.1) is 27.5 Å². The number of ether oxygens (including phenoxy) is 1. The van der Waals surface area contributed by atoms with Crippen molar-refractivity contribution in [3.05, 3.63) is 54.6 Å². The van der Waals surface area contributed by atoms with Crippen LogP contribution in [0.25, 0.3) is 31.2 Å². The van der Waals surface area contributed by atoms with Gasteiger partial charge in [0.25, 0.3) is 0 Å². The van der Waals surface area contributed by atoms with Crippen molar-refractivity contribution >= 4 is 71.1 Å². The van der Waals surface area contributed by atoms with Crippen LogP contribution in [-0.2, 0) is 4.57 Å². The number of benzene rings is 3. The Balaban J connectivity index is 1.54. The smallest absolute Gasteiger partial charge is 0.224 e. The molecule has 28 heavy (non-hydrogen) atoms. The Morgan fingerprint density at radius 1 is 1.00 bits per heavy atom. The molecule has 140 valence electrons. The fraction of sp³-hybridized carbons (Fsp3) is 0.100. The standard InChI is InChI=1S/C20H16N3O2PS2/c1-25-13-8-9-15-17(11-13)27-19(21-15)23-26(2,24)20-22-18-14-6-4-3-5-12(14)7-10-16(18)28-20/h3-11H,1-2H3,(H,21,23,24)/t26-/m0/s1. The molecule has 0 saturated heterocycles. The number of nitrogens with zero attached hydrogens (tertiary/aromatic N) is 2. The Hall–Kier alpha value is -2.47. The molecule has 0 aliphatic heterocycles. The predicted molar refractivity (Wildman–Crippen MR) is 120 cm³/mol. The summed E-state index contributed by atoms with van der Waals surface area (Å²) in [5.41, 5.74) is 1.75. The van der Waals surface area contributed by atoms with Crippen LogP contribution in [0, 0.1) is 0 Å². The van der Waals surface area contributed by atoms with Gasteiger partial charge in [0.15, 0.2) is 9.88 Å². The van der Waals surface area contributed by atoms with E-state index in [-0.39, 0.29) is 0 Å². The van der Waals surface area contributed by atoms with Crippen molar-refractivity contribution in [3.63, 3.8) is 0 Å². The Morgan fingerprint density at radius 3 is 2.71 bits per heavy atom. The van der Waals surface area contributed by atoms with E-state index in [4.69, 9.17) is 9.72 Å². The van der Waals surface area contributed by atoms with Gasteiger partial charge in [-0.25, -0.2) is 9.97 Å². The second-order valence-electron chi connectivity index (χ2n) is 6.52. The fourth-order valence-electron chi connectivity index (χ4n) is 3.14. The zero-order chi connectivity index (χ0) is 19.3. The summed E-state index contributed by atoms with van der Waals surface area (Å²) in [7, 11) is -1.28. The van der Waals surface area contributed by atoms with Gasteiger partial charge in [0.1, 0.15) is 5.75 Å². The summed E-state index contributed by atoms with van der Waals surface area (Å²) < 4.78 is 21.4. The largest absolute Gasteiger partial charge is 0.497 e. The van der Waals surface area contributed by atoms with Crippen LogP contribution in [0.2, 0.25) is 0 Å². The second-order valence-corrected chi connectivity index (χ2v) is 11.4. The maximum absolute atomic E-state index is 13.5. The maximum atomic E-state index is 13.5. The van der Waals surface area contributed by atoms with E-state index in [2.05, 4.69) is 28.3 Å². The number of nitrogens with one attached hydrogen (secondary N) is 1. The van der Waals surface area contributed by atoms with E-state index in [1.54, 1.807) is 13.8 Å². The normalized spacial score (nSPS) is 13.8. The number of methoxy groups -OCH3 is 1. The summed E-state index contributed by atoms with van der Waals surface area (Å²) in [6, 6.07) is 18.0. The quantitative estimate of drug-likeness (QED) is 0.374. The minimum atomic E-state index is -2.92. The van der Waals surface area contributed by atoms with Gasteiger partial charge >= 0.3 is 0 Å². The van der Waals surface area contributed by atoms with Gasteiger partial charge in [-0.1, -0.05) is 41.7 Å². The number of hydrogen-bond acceptors (Lipinski definition) is 6. The van der Waals surface area contributed by atoms with Gasteiger partial charge in [-0.15, -0.1) is 11.3 Å². The molecule has 0 radical (unpaired) electrons. The molecule has 0 aliphatic rings. The van der Waals surface area contributed by atoms with E-state index in [0.29, 0.717) is 9.88 Å². The lowest BCUT2D eigenvalue weighted by molar-refractivity contribution is 0.415. The van der Waals surface area contributed by atoms with Crippen LogP contribution >= 0.6 is 30.0 Å². The molecule has 2 heterocycles. The maximum Gasteiger partial charge on any atom is 0.224 e. The molecular weight excluding hydrogens is 409 g/mol. The average molecular weight is 425 g/mol. The first-order valence-electron chi connectivity index (χ1n) is 8.63. The van der Waals surface area contributed by atoms with Crippen molar-refractivity contribution in [2.24, 2.45) is 0 Å². The van der Waals surface area contributed by atoms with Crippen molar-refractivity contribution in [1.82, 2.24) is 9.97 Å². The monoisotopic (exact) mass is 425 g/mol. The highest BCUT2D eigenvalue weighted by Gasteiger charge is 2.25. The van der Waals surface area contributed by atoms with Gasteiger partial charge in [0.2, 0.25) is 7.29 Å². The van der Waals surface area contributed by atoms with Crippen molar-refractivity contribution in [2.45, 2.75) is 0 Å². The third-order valence-electron chi connectivity index (χ3n) is 4.54. The van der Waals surface area contributed by atoms with E-state index in [1.165, 1.54) is 22.7 Å². The van der Waals surface area contributed by atoms with Crippen LogP contribution in [0.4, 0.5) is 5.13 Å².